The van der Waals surface area contributed by atoms with Crippen LogP contribution < -0.4 is 4.90 Å². The fourth-order valence-corrected chi connectivity index (χ4v) is 5.04. The smallest absolute Gasteiger partial charge is 0.278 e. The molecule has 0 bridgehead atoms. The minimum atomic E-state index is -0.400. The van der Waals surface area contributed by atoms with E-state index >= 15 is 0 Å². The molecule has 0 atom stereocenters. The molecule has 3 aliphatic heterocycles. The molecule has 0 saturated carbocycles. The lowest BCUT2D eigenvalue weighted by Gasteiger charge is -2.40. The topological polar surface area (TPSA) is 35.9 Å². The van der Waals surface area contributed by atoms with E-state index in [0.717, 1.165) is 42.1 Å². The quantitative estimate of drug-likeness (QED) is 0.661. The summed E-state index contributed by atoms with van der Waals surface area (Å²) >= 11 is 6.01. The highest BCUT2D eigenvalue weighted by Gasteiger charge is 2.45. The number of carbonyl (C=O) groups is 1. The molecule has 0 N–H and O–H groups in total. The summed E-state index contributed by atoms with van der Waals surface area (Å²) in [5.41, 5.74) is 5.25. The number of benzene rings is 2. The molecule has 4 nitrogen and oxygen atoms in total. The van der Waals surface area contributed by atoms with Gasteiger partial charge < -0.3 is 0 Å². The Bertz CT molecular complexity index is 1060. The number of piperidine rings is 1. The van der Waals surface area contributed by atoms with Gasteiger partial charge in [-0.1, -0.05) is 42.3 Å². The molecule has 1 fully saturated rings. The van der Waals surface area contributed by atoms with Crippen molar-refractivity contribution in [2.75, 3.05) is 24.5 Å². The summed E-state index contributed by atoms with van der Waals surface area (Å²) in [7, 11) is 0. The number of carbonyl (C=O) groups excluding carboxylic acids is 1. The Morgan fingerprint density at radius 3 is 2.43 bits per heavy atom. The van der Waals surface area contributed by atoms with Crippen molar-refractivity contribution in [3.63, 3.8) is 0 Å². The lowest BCUT2D eigenvalue weighted by Crippen LogP contribution is -2.48. The normalized spacial score (nSPS) is 21.7. The Balaban J connectivity index is 1.59. The maximum atomic E-state index is 13.5. The minimum Gasteiger partial charge on any atom is -0.299 e. The average molecular weight is 420 g/mol. The number of rotatable bonds is 3. The molecule has 0 radical (unpaired) electrons. The second-order valence-electron chi connectivity index (χ2n) is 8.94. The molecular formula is C25H26ClN3O. The summed E-state index contributed by atoms with van der Waals surface area (Å²) in [6.07, 6.45) is 6.14. The predicted octanol–water partition coefficient (Wildman–Crippen LogP) is 5.47. The van der Waals surface area contributed by atoms with Crippen molar-refractivity contribution in [3.05, 3.63) is 64.7 Å². The zero-order valence-corrected chi connectivity index (χ0v) is 18.2. The van der Waals surface area contributed by atoms with Gasteiger partial charge in [0, 0.05) is 22.7 Å². The fourth-order valence-electron chi connectivity index (χ4n) is 4.92. The van der Waals surface area contributed by atoms with E-state index in [9.17, 15) is 4.79 Å². The third-order valence-electron chi connectivity index (χ3n) is 6.28. The van der Waals surface area contributed by atoms with E-state index in [4.69, 9.17) is 16.6 Å². The Morgan fingerprint density at radius 2 is 1.70 bits per heavy atom. The molecule has 0 unspecified atom stereocenters. The van der Waals surface area contributed by atoms with E-state index in [1.54, 1.807) is 12.1 Å². The van der Waals surface area contributed by atoms with E-state index in [0.29, 0.717) is 10.7 Å². The number of halogens is 1. The van der Waals surface area contributed by atoms with Gasteiger partial charge in [-0.25, -0.2) is 4.99 Å². The van der Waals surface area contributed by atoms with Crippen LogP contribution in [0.3, 0.4) is 0 Å². The van der Waals surface area contributed by atoms with Crippen LogP contribution in [0.25, 0.3) is 5.57 Å². The number of amides is 1. The first-order chi connectivity index (χ1) is 14.4. The van der Waals surface area contributed by atoms with E-state index in [1.165, 1.54) is 24.8 Å². The number of nitrogens with zero attached hydrogens (tertiary/aromatic N) is 3. The standard InChI is InChI=1S/C25H26ClN3O/c1-25(2)15-17(16-28-13-4-3-5-14-28)20-7-6-8-21-22(24(30)29(25)23(20)21)27-19-11-9-18(26)10-12-19/h6-12,15H,3-5,13-14,16H2,1-2H3. The number of para-hydroxylation sites is 1. The second-order valence-corrected chi connectivity index (χ2v) is 9.38. The van der Waals surface area contributed by atoms with Gasteiger partial charge in [-0.05, 0) is 69.6 Å². The van der Waals surface area contributed by atoms with Gasteiger partial charge in [-0.2, -0.15) is 0 Å². The molecule has 5 heteroatoms. The molecule has 1 saturated heterocycles. The Hall–Kier alpha value is -2.43. The lowest BCUT2D eigenvalue weighted by molar-refractivity contribution is -0.112. The van der Waals surface area contributed by atoms with Gasteiger partial charge in [-0.15, -0.1) is 0 Å². The Labute approximate surface area is 182 Å². The molecular weight excluding hydrogens is 394 g/mol. The highest BCUT2D eigenvalue weighted by Crippen LogP contribution is 2.46. The van der Waals surface area contributed by atoms with Gasteiger partial charge in [0.25, 0.3) is 5.91 Å². The number of aliphatic imine (C=N–C) groups is 1. The molecule has 0 spiro atoms. The highest BCUT2D eigenvalue weighted by molar-refractivity contribution is 6.55. The van der Waals surface area contributed by atoms with Gasteiger partial charge in [0.15, 0.2) is 0 Å². The van der Waals surface area contributed by atoms with Crippen LogP contribution in [-0.2, 0) is 4.79 Å². The number of likely N-dealkylation sites (tertiary alicyclic amines) is 1. The first-order valence-electron chi connectivity index (χ1n) is 10.7. The third kappa shape index (κ3) is 3.28. The van der Waals surface area contributed by atoms with Crippen LogP contribution in [-0.4, -0.2) is 41.7 Å². The molecule has 2 aromatic carbocycles. The molecule has 1 amide bonds. The molecule has 30 heavy (non-hydrogen) atoms. The maximum Gasteiger partial charge on any atom is 0.278 e. The van der Waals surface area contributed by atoms with Crippen molar-refractivity contribution in [3.8, 4) is 0 Å². The van der Waals surface area contributed by atoms with E-state index in [1.807, 2.05) is 29.2 Å². The van der Waals surface area contributed by atoms with Crippen LogP contribution in [0.5, 0.6) is 0 Å². The minimum absolute atomic E-state index is 0.0364. The van der Waals surface area contributed by atoms with Crippen molar-refractivity contribution in [2.45, 2.75) is 38.6 Å². The van der Waals surface area contributed by atoms with Gasteiger partial charge in [0.2, 0.25) is 0 Å². The van der Waals surface area contributed by atoms with Crippen molar-refractivity contribution >= 4 is 40.2 Å². The maximum absolute atomic E-state index is 13.5. The van der Waals surface area contributed by atoms with Crippen LogP contribution in [0.15, 0.2) is 53.5 Å². The van der Waals surface area contributed by atoms with Crippen LogP contribution in [0.4, 0.5) is 11.4 Å². The molecule has 5 rings (SSSR count). The van der Waals surface area contributed by atoms with Crippen LogP contribution in [0, 0.1) is 0 Å². The summed E-state index contributed by atoms with van der Waals surface area (Å²) < 4.78 is 0. The summed E-state index contributed by atoms with van der Waals surface area (Å²) in [4.78, 5) is 22.7. The lowest BCUT2D eigenvalue weighted by atomic mass is 9.88. The number of anilines is 1. The van der Waals surface area contributed by atoms with Gasteiger partial charge >= 0.3 is 0 Å². The molecule has 0 aromatic heterocycles. The van der Waals surface area contributed by atoms with Crippen LogP contribution in [0.2, 0.25) is 5.02 Å². The summed E-state index contributed by atoms with van der Waals surface area (Å²) in [5.74, 6) is -0.0364. The molecule has 3 heterocycles. The molecule has 154 valence electrons. The third-order valence-corrected chi connectivity index (χ3v) is 6.53. The molecule has 3 aliphatic rings. The molecule has 0 aliphatic carbocycles. The average Bonchev–Trinajstić information content (AvgIpc) is 3.02. The summed E-state index contributed by atoms with van der Waals surface area (Å²) in [6.45, 7) is 7.47. The monoisotopic (exact) mass is 419 g/mol. The van der Waals surface area contributed by atoms with Crippen LogP contribution >= 0.6 is 11.6 Å². The van der Waals surface area contributed by atoms with E-state index < -0.39 is 5.54 Å². The van der Waals surface area contributed by atoms with Crippen molar-refractivity contribution in [1.82, 2.24) is 4.90 Å². The van der Waals surface area contributed by atoms with Crippen molar-refractivity contribution in [1.29, 1.82) is 0 Å². The van der Waals surface area contributed by atoms with Gasteiger partial charge in [0.1, 0.15) is 5.71 Å². The molecule has 2 aromatic rings. The van der Waals surface area contributed by atoms with Gasteiger partial charge in [-0.3, -0.25) is 14.6 Å². The number of hydrogen-bond donors (Lipinski definition) is 0. The van der Waals surface area contributed by atoms with Gasteiger partial charge in [0.05, 0.1) is 16.9 Å². The van der Waals surface area contributed by atoms with Crippen LogP contribution in [0.1, 0.15) is 44.2 Å². The van der Waals surface area contributed by atoms with E-state index in [-0.39, 0.29) is 5.91 Å². The summed E-state index contributed by atoms with van der Waals surface area (Å²) in [6, 6.07) is 13.5. The fraction of sp³-hybridized carbons (Fsp3) is 0.360. The first kappa shape index (κ1) is 19.5. The Morgan fingerprint density at radius 1 is 1.00 bits per heavy atom. The Kier molecular flexibility index (Phi) is 4.79. The highest BCUT2D eigenvalue weighted by atomic mass is 35.5. The predicted molar refractivity (Wildman–Crippen MR) is 124 cm³/mol. The van der Waals surface area contributed by atoms with E-state index in [2.05, 4.69) is 30.9 Å². The van der Waals surface area contributed by atoms with Crippen molar-refractivity contribution in [2.24, 2.45) is 4.99 Å². The second kappa shape index (κ2) is 7.36. The zero-order chi connectivity index (χ0) is 20.9. The largest absolute Gasteiger partial charge is 0.299 e. The SMILES string of the molecule is CC1(C)C=C(CN2CCCCC2)c2cccc3c2N1C(=O)C3=Nc1ccc(Cl)cc1. The number of hydrogen-bond acceptors (Lipinski definition) is 3. The summed E-state index contributed by atoms with van der Waals surface area (Å²) in [5, 5.41) is 0.659. The van der Waals surface area contributed by atoms with Crippen molar-refractivity contribution < 1.29 is 4.79 Å². The zero-order valence-electron chi connectivity index (χ0n) is 17.5. The first-order valence-corrected chi connectivity index (χ1v) is 11.1.